The fourth-order valence-electron chi connectivity index (χ4n) is 3.32. The van der Waals surface area contributed by atoms with Crippen molar-refractivity contribution in [3.63, 3.8) is 0 Å². The molecule has 0 radical (unpaired) electrons. The number of carbonyl (C=O) groups excluding carboxylic acids is 1. The van der Waals surface area contributed by atoms with Crippen LogP contribution in [0.4, 0.5) is 4.39 Å². The average molecular weight is 412 g/mol. The first kappa shape index (κ1) is 19.9. The number of ether oxygens (including phenoxy) is 1. The van der Waals surface area contributed by atoms with Crippen LogP contribution >= 0.6 is 23.2 Å². The van der Waals surface area contributed by atoms with Crippen molar-refractivity contribution < 1.29 is 18.8 Å². The Morgan fingerprint density at radius 3 is 2.44 bits per heavy atom. The summed E-state index contributed by atoms with van der Waals surface area (Å²) in [6, 6.07) is 10.3. The molecule has 1 saturated heterocycles. The molecule has 7 heteroatoms. The van der Waals surface area contributed by atoms with Crippen LogP contribution in [0, 0.1) is 5.82 Å². The zero-order valence-electron chi connectivity index (χ0n) is 15.1. The third-order valence-electron chi connectivity index (χ3n) is 4.88. The summed E-state index contributed by atoms with van der Waals surface area (Å²) in [5.74, 6) is -0.0678. The van der Waals surface area contributed by atoms with Crippen LogP contribution in [0.5, 0.6) is 5.75 Å². The highest BCUT2D eigenvalue weighted by Crippen LogP contribution is 2.25. The van der Waals surface area contributed by atoms with E-state index in [9.17, 15) is 9.18 Å². The third-order valence-corrected chi connectivity index (χ3v) is 5.59. The van der Waals surface area contributed by atoms with Crippen LogP contribution in [-0.4, -0.2) is 44.1 Å². The summed E-state index contributed by atoms with van der Waals surface area (Å²) >= 11 is 12.3. The van der Waals surface area contributed by atoms with E-state index in [2.05, 4.69) is 0 Å². The molecule has 1 amide bonds. The van der Waals surface area contributed by atoms with E-state index in [4.69, 9.17) is 27.9 Å². The van der Waals surface area contributed by atoms with Crippen LogP contribution < -0.4 is 9.64 Å². The van der Waals surface area contributed by atoms with Crippen molar-refractivity contribution in [1.82, 2.24) is 4.90 Å². The number of hydrogen-bond donors (Lipinski definition) is 1. The van der Waals surface area contributed by atoms with E-state index in [0.717, 1.165) is 25.2 Å². The summed E-state index contributed by atoms with van der Waals surface area (Å²) in [6.07, 6.45) is 0.206. The molecule has 1 fully saturated rings. The second kappa shape index (κ2) is 8.91. The Morgan fingerprint density at radius 1 is 1.19 bits per heavy atom. The molecule has 2 aromatic carbocycles. The fraction of sp³-hybridized carbons (Fsp3) is 0.350. The number of nitrogens with one attached hydrogen (secondary N) is 1. The third kappa shape index (κ3) is 4.92. The molecule has 1 aliphatic rings. The number of hydrogen-bond acceptors (Lipinski definition) is 2. The number of amides is 1. The topological polar surface area (TPSA) is 34.0 Å². The number of carbonyl (C=O) groups is 1. The molecule has 0 aromatic heterocycles. The first-order chi connectivity index (χ1) is 13.0. The number of piperazine rings is 1. The Balaban J connectivity index is 1.54. The number of halogens is 3. The number of methoxy groups -OCH3 is 1. The molecule has 0 aliphatic carbocycles. The molecule has 1 N–H and O–H groups in total. The van der Waals surface area contributed by atoms with Crippen LogP contribution in [0.2, 0.25) is 10.0 Å². The normalized spacial score (nSPS) is 15.0. The van der Waals surface area contributed by atoms with Crippen molar-refractivity contribution in [2.75, 3.05) is 33.3 Å². The standard InChI is InChI=1S/C20H21Cl2FN2O2/c1-27-19-6-5-14(11-18(19)23)13-24-7-9-25(10-8-24)20(26)12-15-16(21)3-2-4-17(15)22/h2-6,11H,7-10,12-13H2,1H3/p+1. The lowest BCUT2D eigenvalue weighted by atomic mass is 10.1. The van der Waals surface area contributed by atoms with Gasteiger partial charge in [0.25, 0.3) is 0 Å². The zero-order chi connectivity index (χ0) is 19.4. The fourth-order valence-corrected chi connectivity index (χ4v) is 3.85. The highest BCUT2D eigenvalue weighted by Gasteiger charge is 2.25. The molecule has 0 saturated carbocycles. The Kier molecular flexibility index (Phi) is 6.58. The lowest BCUT2D eigenvalue weighted by molar-refractivity contribution is -0.917. The van der Waals surface area contributed by atoms with Gasteiger partial charge in [-0.3, -0.25) is 4.79 Å². The van der Waals surface area contributed by atoms with E-state index < -0.39 is 0 Å². The number of rotatable bonds is 5. The van der Waals surface area contributed by atoms with Crippen molar-refractivity contribution in [2.45, 2.75) is 13.0 Å². The van der Waals surface area contributed by atoms with Crippen molar-refractivity contribution >= 4 is 29.1 Å². The Hall–Kier alpha value is -1.82. The lowest BCUT2D eigenvalue weighted by Crippen LogP contribution is -3.13. The Morgan fingerprint density at radius 2 is 1.85 bits per heavy atom. The lowest BCUT2D eigenvalue weighted by Gasteiger charge is -2.32. The van der Waals surface area contributed by atoms with E-state index in [0.29, 0.717) is 28.7 Å². The van der Waals surface area contributed by atoms with Gasteiger partial charge >= 0.3 is 0 Å². The van der Waals surface area contributed by atoms with Crippen LogP contribution in [-0.2, 0) is 17.8 Å². The quantitative estimate of drug-likeness (QED) is 0.820. The van der Waals surface area contributed by atoms with Crippen LogP contribution in [0.25, 0.3) is 0 Å². The molecule has 2 aromatic rings. The SMILES string of the molecule is COc1ccc(C[NH+]2CCN(C(=O)Cc3c(Cl)cccc3Cl)CC2)cc1F. The van der Waals surface area contributed by atoms with Crippen molar-refractivity contribution in [3.8, 4) is 5.75 Å². The summed E-state index contributed by atoms with van der Waals surface area (Å²) in [5.41, 5.74) is 1.60. The van der Waals surface area contributed by atoms with Gasteiger partial charge in [-0.05, 0) is 35.9 Å². The molecule has 1 heterocycles. The number of nitrogens with zero attached hydrogens (tertiary/aromatic N) is 1. The summed E-state index contributed by atoms with van der Waals surface area (Å²) in [5, 5.41) is 1.03. The van der Waals surface area contributed by atoms with Gasteiger partial charge in [-0.1, -0.05) is 29.3 Å². The second-order valence-electron chi connectivity index (χ2n) is 6.65. The summed E-state index contributed by atoms with van der Waals surface area (Å²) in [6.45, 7) is 3.67. The van der Waals surface area contributed by atoms with Gasteiger partial charge in [0, 0.05) is 15.6 Å². The van der Waals surface area contributed by atoms with Crippen molar-refractivity contribution in [1.29, 1.82) is 0 Å². The summed E-state index contributed by atoms with van der Waals surface area (Å²) in [7, 11) is 1.45. The second-order valence-corrected chi connectivity index (χ2v) is 7.47. The molecule has 0 atom stereocenters. The molecule has 0 unspecified atom stereocenters. The van der Waals surface area contributed by atoms with E-state index in [1.807, 2.05) is 11.0 Å². The van der Waals surface area contributed by atoms with Crippen LogP contribution in [0.1, 0.15) is 11.1 Å². The Bertz CT molecular complexity index is 803. The minimum absolute atomic E-state index is 0.0274. The van der Waals surface area contributed by atoms with Gasteiger partial charge in [0.05, 0.1) is 39.7 Å². The minimum atomic E-state index is -0.347. The highest BCUT2D eigenvalue weighted by atomic mass is 35.5. The predicted molar refractivity (Wildman–Crippen MR) is 104 cm³/mol. The Labute approximate surface area is 168 Å². The molecule has 1 aliphatic heterocycles. The van der Waals surface area contributed by atoms with Gasteiger partial charge in [0.2, 0.25) is 5.91 Å². The van der Waals surface area contributed by atoms with Gasteiger partial charge in [-0.2, -0.15) is 0 Å². The maximum atomic E-state index is 13.8. The molecule has 0 spiro atoms. The molecular formula is C20H22Cl2FN2O2+. The van der Waals surface area contributed by atoms with Crippen LogP contribution in [0.15, 0.2) is 36.4 Å². The minimum Gasteiger partial charge on any atom is -0.494 e. The van der Waals surface area contributed by atoms with Crippen molar-refractivity contribution in [2.24, 2.45) is 0 Å². The number of quaternary nitrogens is 1. The van der Waals surface area contributed by atoms with Crippen LogP contribution in [0.3, 0.4) is 0 Å². The molecule has 144 valence electrons. The van der Waals surface area contributed by atoms with E-state index in [-0.39, 0.29) is 23.9 Å². The zero-order valence-corrected chi connectivity index (χ0v) is 16.6. The predicted octanol–water partition coefficient (Wildman–Crippen LogP) is 2.61. The van der Waals surface area contributed by atoms with Gasteiger partial charge in [-0.25, -0.2) is 4.39 Å². The molecule has 0 bridgehead atoms. The van der Waals surface area contributed by atoms with E-state index >= 15 is 0 Å². The largest absolute Gasteiger partial charge is 0.494 e. The molecule has 27 heavy (non-hydrogen) atoms. The first-order valence-electron chi connectivity index (χ1n) is 8.84. The molecular weight excluding hydrogens is 390 g/mol. The summed E-state index contributed by atoms with van der Waals surface area (Å²) in [4.78, 5) is 15.8. The van der Waals surface area contributed by atoms with Gasteiger partial charge in [0.1, 0.15) is 6.54 Å². The molecule has 4 nitrogen and oxygen atoms in total. The maximum Gasteiger partial charge on any atom is 0.227 e. The van der Waals surface area contributed by atoms with E-state index in [1.54, 1.807) is 24.3 Å². The smallest absolute Gasteiger partial charge is 0.227 e. The molecule has 3 rings (SSSR count). The summed E-state index contributed by atoms with van der Waals surface area (Å²) < 4.78 is 18.8. The van der Waals surface area contributed by atoms with Gasteiger partial charge < -0.3 is 14.5 Å². The maximum absolute atomic E-state index is 13.8. The monoisotopic (exact) mass is 411 g/mol. The number of benzene rings is 2. The van der Waals surface area contributed by atoms with Crippen molar-refractivity contribution in [3.05, 3.63) is 63.4 Å². The average Bonchev–Trinajstić information content (AvgIpc) is 2.65. The highest BCUT2D eigenvalue weighted by molar-refractivity contribution is 6.36. The van der Waals surface area contributed by atoms with Gasteiger partial charge in [0.15, 0.2) is 11.6 Å². The first-order valence-corrected chi connectivity index (χ1v) is 9.60. The van der Waals surface area contributed by atoms with E-state index in [1.165, 1.54) is 18.1 Å². The van der Waals surface area contributed by atoms with Gasteiger partial charge in [-0.15, -0.1) is 0 Å².